The molecule has 26 heavy (non-hydrogen) atoms. The predicted molar refractivity (Wildman–Crippen MR) is 125 cm³/mol. The number of aromatic nitrogens is 2. The molecule has 0 spiro atoms. The van der Waals surface area contributed by atoms with Crippen molar-refractivity contribution in [3.8, 4) is 11.4 Å². The smallest absolute Gasteiger partial charge is 0.139 e. The molecule has 0 radical (unpaired) electrons. The third-order valence-electron chi connectivity index (χ3n) is 4.61. The fourth-order valence-electron chi connectivity index (χ4n) is 3.45. The third-order valence-corrected chi connectivity index (χ3v) is 6.54. The first-order chi connectivity index (χ1) is 12.6. The molecular weight excluding hydrogens is 567 g/mol. The second-order valence-electron chi connectivity index (χ2n) is 6.17. The zero-order chi connectivity index (χ0) is 17.8. The number of aromatic amines is 1. The van der Waals surface area contributed by atoms with Crippen LogP contribution >= 0.6 is 54.5 Å². The number of rotatable bonds is 1. The van der Waals surface area contributed by atoms with E-state index in [1.54, 1.807) is 0 Å². The summed E-state index contributed by atoms with van der Waals surface area (Å²) in [5, 5.41) is 4.74. The number of nitrogens with zero attached hydrogens (tertiary/aromatic N) is 1. The van der Waals surface area contributed by atoms with Gasteiger partial charge in [0.15, 0.2) is 0 Å². The van der Waals surface area contributed by atoms with Gasteiger partial charge in [-0.3, -0.25) is 0 Å². The molecule has 1 aromatic heterocycles. The van der Waals surface area contributed by atoms with Crippen LogP contribution in [0, 0.1) is 3.57 Å². The largest absolute Gasteiger partial charge is 0.337 e. The second kappa shape index (κ2) is 6.32. The average molecular weight is 578 g/mol. The number of benzene rings is 4. The fourth-order valence-corrected chi connectivity index (χ4v) is 4.81. The van der Waals surface area contributed by atoms with Crippen LogP contribution in [0.2, 0.25) is 0 Å². The number of halogens is 3. The van der Waals surface area contributed by atoms with Crippen LogP contribution in [0.1, 0.15) is 0 Å². The average Bonchev–Trinajstić information content (AvgIpc) is 3.07. The van der Waals surface area contributed by atoms with Gasteiger partial charge >= 0.3 is 0 Å². The predicted octanol–water partition coefficient (Wildman–Crippen LogP) is 7.67. The molecule has 0 atom stereocenters. The molecule has 0 aliphatic carbocycles. The lowest BCUT2D eigenvalue weighted by Crippen LogP contribution is -1.83. The maximum Gasteiger partial charge on any atom is 0.139 e. The van der Waals surface area contributed by atoms with Gasteiger partial charge < -0.3 is 4.98 Å². The SMILES string of the molecule is Brc1ccc2c(c1)c1cc(Br)ccc1c1[nH]c(-c3ccccc3I)nc21. The molecule has 0 bridgehead atoms. The summed E-state index contributed by atoms with van der Waals surface area (Å²) in [6, 6.07) is 21.1. The topological polar surface area (TPSA) is 28.7 Å². The van der Waals surface area contributed by atoms with Crippen molar-refractivity contribution in [2.75, 3.05) is 0 Å². The number of imidazole rings is 1. The van der Waals surface area contributed by atoms with Gasteiger partial charge in [0.2, 0.25) is 0 Å². The van der Waals surface area contributed by atoms with Crippen molar-refractivity contribution >= 4 is 87.0 Å². The zero-order valence-electron chi connectivity index (χ0n) is 13.4. The molecule has 4 aromatic carbocycles. The van der Waals surface area contributed by atoms with Gasteiger partial charge in [-0.1, -0.05) is 62.2 Å². The molecule has 0 saturated carbocycles. The highest BCUT2D eigenvalue weighted by Gasteiger charge is 2.15. The minimum absolute atomic E-state index is 0.907. The minimum Gasteiger partial charge on any atom is -0.337 e. The summed E-state index contributed by atoms with van der Waals surface area (Å²) in [7, 11) is 0. The quantitative estimate of drug-likeness (QED) is 0.161. The van der Waals surface area contributed by atoms with Crippen molar-refractivity contribution in [3.05, 3.63) is 73.2 Å². The van der Waals surface area contributed by atoms with Gasteiger partial charge in [0, 0.05) is 28.9 Å². The standard InChI is InChI=1S/C21H11Br2IN2/c22-11-5-7-13-16(9-11)17-10-12(23)6-8-14(17)20-19(13)25-21(26-20)15-3-1-2-4-18(15)24/h1-10H,(H,25,26). The van der Waals surface area contributed by atoms with Crippen LogP contribution in [0.25, 0.3) is 44.0 Å². The summed E-state index contributed by atoms with van der Waals surface area (Å²) in [4.78, 5) is 8.57. The van der Waals surface area contributed by atoms with Gasteiger partial charge in [0.05, 0.1) is 11.0 Å². The molecule has 0 unspecified atom stereocenters. The number of hydrogen-bond acceptors (Lipinski definition) is 1. The van der Waals surface area contributed by atoms with Gasteiger partial charge in [-0.05, 0) is 63.7 Å². The van der Waals surface area contributed by atoms with Crippen LogP contribution in [-0.4, -0.2) is 9.97 Å². The van der Waals surface area contributed by atoms with E-state index >= 15 is 0 Å². The second-order valence-corrected chi connectivity index (χ2v) is 9.16. The first kappa shape index (κ1) is 16.7. The molecule has 0 amide bonds. The van der Waals surface area contributed by atoms with Crippen molar-refractivity contribution in [1.82, 2.24) is 9.97 Å². The van der Waals surface area contributed by atoms with Gasteiger partial charge in [0.1, 0.15) is 5.82 Å². The van der Waals surface area contributed by atoms with E-state index in [1.165, 1.54) is 19.7 Å². The molecule has 0 aliphatic heterocycles. The van der Waals surface area contributed by atoms with Crippen LogP contribution in [-0.2, 0) is 0 Å². The summed E-state index contributed by atoms with van der Waals surface area (Å²) in [6.07, 6.45) is 0. The molecule has 2 nitrogen and oxygen atoms in total. The monoisotopic (exact) mass is 576 g/mol. The Labute approximate surface area is 180 Å². The van der Waals surface area contributed by atoms with Gasteiger partial charge in [-0.15, -0.1) is 0 Å². The van der Waals surface area contributed by atoms with Crippen LogP contribution in [0.3, 0.4) is 0 Å². The van der Waals surface area contributed by atoms with E-state index in [1.807, 2.05) is 6.07 Å². The Morgan fingerprint density at radius 2 is 1.42 bits per heavy atom. The van der Waals surface area contributed by atoms with E-state index < -0.39 is 0 Å². The molecule has 1 heterocycles. The Balaban J connectivity index is 1.98. The number of fused-ring (bicyclic) bond motifs is 6. The van der Waals surface area contributed by atoms with Crippen molar-refractivity contribution in [2.24, 2.45) is 0 Å². The lowest BCUT2D eigenvalue weighted by molar-refractivity contribution is 1.33. The first-order valence-corrected chi connectivity index (χ1v) is 10.7. The molecule has 5 heteroatoms. The minimum atomic E-state index is 0.907. The van der Waals surface area contributed by atoms with Crippen LogP contribution < -0.4 is 0 Å². The van der Waals surface area contributed by atoms with Crippen LogP contribution in [0.15, 0.2) is 69.6 Å². The third kappa shape index (κ3) is 2.60. The summed E-state index contributed by atoms with van der Waals surface area (Å²) in [6.45, 7) is 0. The number of H-pyrrole nitrogens is 1. The van der Waals surface area contributed by atoms with Crippen molar-refractivity contribution in [3.63, 3.8) is 0 Å². The molecule has 1 N–H and O–H groups in total. The molecule has 5 rings (SSSR count). The number of hydrogen-bond donors (Lipinski definition) is 1. The maximum absolute atomic E-state index is 4.99. The van der Waals surface area contributed by atoms with Crippen molar-refractivity contribution < 1.29 is 0 Å². The van der Waals surface area contributed by atoms with Crippen molar-refractivity contribution in [2.45, 2.75) is 0 Å². The molecular formula is C21H11Br2IN2. The highest BCUT2D eigenvalue weighted by atomic mass is 127. The van der Waals surface area contributed by atoms with Crippen LogP contribution in [0.5, 0.6) is 0 Å². The summed E-state index contributed by atoms with van der Waals surface area (Å²) in [5.74, 6) is 0.907. The van der Waals surface area contributed by atoms with E-state index in [0.717, 1.165) is 36.8 Å². The lowest BCUT2D eigenvalue weighted by atomic mass is 10.0. The van der Waals surface area contributed by atoms with E-state index in [4.69, 9.17) is 4.98 Å². The zero-order valence-corrected chi connectivity index (χ0v) is 18.7. The van der Waals surface area contributed by atoms with E-state index in [2.05, 4.69) is 114 Å². The van der Waals surface area contributed by atoms with Crippen molar-refractivity contribution in [1.29, 1.82) is 0 Å². The van der Waals surface area contributed by atoms with E-state index in [9.17, 15) is 0 Å². The Hall–Kier alpha value is -1.44. The molecule has 5 aromatic rings. The summed E-state index contributed by atoms with van der Waals surface area (Å²) in [5.41, 5.74) is 3.22. The molecule has 0 fully saturated rings. The summed E-state index contributed by atoms with van der Waals surface area (Å²) >= 11 is 9.59. The first-order valence-electron chi connectivity index (χ1n) is 8.07. The van der Waals surface area contributed by atoms with Gasteiger partial charge in [-0.25, -0.2) is 4.98 Å². The van der Waals surface area contributed by atoms with E-state index in [-0.39, 0.29) is 0 Å². The fraction of sp³-hybridized carbons (Fsp3) is 0. The number of nitrogens with one attached hydrogen (secondary N) is 1. The lowest BCUT2D eigenvalue weighted by Gasteiger charge is -2.07. The Bertz CT molecular complexity index is 1250. The highest BCUT2D eigenvalue weighted by Crippen LogP contribution is 2.38. The molecule has 0 aliphatic rings. The Kier molecular flexibility index (Phi) is 4.06. The van der Waals surface area contributed by atoms with Gasteiger partial charge in [-0.2, -0.15) is 0 Å². The summed E-state index contributed by atoms with van der Waals surface area (Å²) < 4.78 is 3.32. The Morgan fingerprint density at radius 1 is 0.769 bits per heavy atom. The normalized spacial score (nSPS) is 11.7. The van der Waals surface area contributed by atoms with E-state index in [0.29, 0.717) is 0 Å². The Morgan fingerprint density at radius 3 is 2.15 bits per heavy atom. The van der Waals surface area contributed by atoms with Crippen LogP contribution in [0.4, 0.5) is 0 Å². The maximum atomic E-state index is 4.99. The highest BCUT2D eigenvalue weighted by molar-refractivity contribution is 14.1. The van der Waals surface area contributed by atoms with Gasteiger partial charge in [0.25, 0.3) is 0 Å². The molecule has 0 saturated heterocycles. The molecule has 126 valence electrons.